The molecule has 0 radical (unpaired) electrons. The summed E-state index contributed by atoms with van der Waals surface area (Å²) in [4.78, 5) is 22.4. The van der Waals surface area contributed by atoms with E-state index in [-0.39, 0.29) is 11.9 Å². The molecule has 1 aromatic rings. The van der Waals surface area contributed by atoms with Crippen LogP contribution >= 0.6 is 0 Å². The van der Waals surface area contributed by atoms with Crippen molar-refractivity contribution in [3.05, 3.63) is 36.0 Å². The maximum absolute atomic E-state index is 11.6. The molecule has 0 bridgehead atoms. The Morgan fingerprint density at radius 2 is 1.58 bits per heavy atom. The summed E-state index contributed by atoms with van der Waals surface area (Å²) >= 11 is 0. The van der Waals surface area contributed by atoms with E-state index in [2.05, 4.69) is 16.0 Å². The van der Waals surface area contributed by atoms with E-state index < -0.39 is 0 Å². The number of rotatable bonds is 4. The third-order valence-corrected chi connectivity index (χ3v) is 2.47. The van der Waals surface area contributed by atoms with Gasteiger partial charge >= 0.3 is 6.03 Å². The minimum atomic E-state index is -0.292. The lowest BCUT2D eigenvalue weighted by molar-refractivity contribution is -0.114. The molecule has 1 rings (SSSR count). The summed E-state index contributed by atoms with van der Waals surface area (Å²) in [6.07, 6.45) is 2.58. The van der Waals surface area contributed by atoms with Crippen LogP contribution in [0.15, 0.2) is 36.0 Å². The predicted octanol–water partition coefficient (Wildman–Crippen LogP) is 3.08. The van der Waals surface area contributed by atoms with E-state index in [0.29, 0.717) is 11.4 Å². The van der Waals surface area contributed by atoms with Gasteiger partial charge in [-0.1, -0.05) is 12.5 Å². The van der Waals surface area contributed by atoms with Gasteiger partial charge in [-0.05, 0) is 37.6 Å². The van der Waals surface area contributed by atoms with Crippen molar-refractivity contribution < 1.29 is 9.59 Å². The summed E-state index contributed by atoms with van der Waals surface area (Å²) in [6.45, 7) is 5.41. The van der Waals surface area contributed by atoms with Crippen molar-refractivity contribution >= 4 is 23.3 Å². The first-order valence-electron chi connectivity index (χ1n) is 6.12. The molecule has 19 heavy (non-hydrogen) atoms. The summed E-state index contributed by atoms with van der Waals surface area (Å²) in [7, 11) is 0. The average Bonchev–Trinajstić information content (AvgIpc) is 2.37. The number of carbonyl (C=O) groups is 2. The lowest BCUT2D eigenvalue weighted by Gasteiger charge is -2.07. The minimum absolute atomic E-state index is 0.126. The number of nitrogens with one attached hydrogen (secondary N) is 3. The van der Waals surface area contributed by atoms with Crippen LogP contribution in [0.5, 0.6) is 0 Å². The predicted molar refractivity (Wildman–Crippen MR) is 76.9 cm³/mol. The molecule has 0 saturated carbocycles. The van der Waals surface area contributed by atoms with Crippen molar-refractivity contribution in [3.8, 4) is 0 Å². The topological polar surface area (TPSA) is 70.2 Å². The van der Waals surface area contributed by atoms with Crippen LogP contribution in [-0.4, -0.2) is 11.9 Å². The molecule has 0 aliphatic rings. The zero-order valence-electron chi connectivity index (χ0n) is 11.4. The number of urea groups is 1. The first kappa shape index (κ1) is 14.8. The van der Waals surface area contributed by atoms with E-state index in [9.17, 15) is 9.59 Å². The van der Waals surface area contributed by atoms with Crippen LogP contribution in [0.1, 0.15) is 27.2 Å². The molecule has 3 amide bonds. The van der Waals surface area contributed by atoms with E-state index >= 15 is 0 Å². The Bertz CT molecular complexity index is 478. The third kappa shape index (κ3) is 5.72. The average molecular weight is 261 g/mol. The second kappa shape index (κ2) is 7.20. The Hall–Kier alpha value is -2.30. The molecule has 0 aliphatic carbocycles. The van der Waals surface area contributed by atoms with Crippen LogP contribution in [0.3, 0.4) is 0 Å². The van der Waals surface area contributed by atoms with E-state index in [1.54, 1.807) is 30.5 Å². The maximum atomic E-state index is 11.6. The minimum Gasteiger partial charge on any atom is -0.326 e. The van der Waals surface area contributed by atoms with Crippen molar-refractivity contribution in [3.63, 3.8) is 0 Å². The monoisotopic (exact) mass is 261 g/mol. The molecule has 0 fully saturated rings. The number of carbonyl (C=O) groups excluding carboxylic acids is 2. The highest BCUT2D eigenvalue weighted by Crippen LogP contribution is 2.13. The quantitative estimate of drug-likeness (QED) is 0.779. The Morgan fingerprint density at radius 1 is 1.05 bits per heavy atom. The van der Waals surface area contributed by atoms with Crippen molar-refractivity contribution in [2.24, 2.45) is 0 Å². The molecule has 0 heterocycles. The van der Waals surface area contributed by atoms with Crippen LogP contribution in [0, 0.1) is 0 Å². The number of amides is 3. The zero-order chi connectivity index (χ0) is 14.3. The van der Waals surface area contributed by atoms with E-state index in [1.165, 1.54) is 6.92 Å². The highest BCUT2D eigenvalue weighted by molar-refractivity contribution is 5.91. The summed E-state index contributed by atoms with van der Waals surface area (Å²) in [5.74, 6) is -0.126. The molecule has 0 aliphatic heterocycles. The fraction of sp³-hybridized carbons (Fsp3) is 0.286. The zero-order valence-corrected chi connectivity index (χ0v) is 11.4. The van der Waals surface area contributed by atoms with E-state index in [1.807, 2.05) is 13.8 Å². The maximum Gasteiger partial charge on any atom is 0.323 e. The van der Waals surface area contributed by atoms with E-state index in [4.69, 9.17) is 0 Å². The van der Waals surface area contributed by atoms with Gasteiger partial charge in [-0.15, -0.1) is 0 Å². The fourth-order valence-electron chi connectivity index (χ4n) is 1.30. The Balaban J connectivity index is 2.53. The number of hydrogen-bond acceptors (Lipinski definition) is 2. The molecule has 0 aromatic heterocycles. The normalized spacial score (nSPS) is 10.8. The molecule has 0 saturated heterocycles. The summed E-state index contributed by atoms with van der Waals surface area (Å²) < 4.78 is 0. The van der Waals surface area contributed by atoms with Gasteiger partial charge in [-0.25, -0.2) is 4.79 Å². The Labute approximate surface area is 113 Å². The van der Waals surface area contributed by atoms with Crippen molar-refractivity contribution in [1.29, 1.82) is 0 Å². The molecule has 1 aromatic carbocycles. The number of anilines is 2. The summed E-state index contributed by atoms with van der Waals surface area (Å²) in [5, 5.41) is 8.00. The van der Waals surface area contributed by atoms with Gasteiger partial charge in [-0.2, -0.15) is 0 Å². The second-order valence-corrected chi connectivity index (χ2v) is 4.20. The highest BCUT2D eigenvalue weighted by Gasteiger charge is 2.00. The highest BCUT2D eigenvalue weighted by atomic mass is 16.2. The molecule has 5 nitrogen and oxygen atoms in total. The molecule has 5 heteroatoms. The van der Waals surface area contributed by atoms with Gasteiger partial charge in [0.2, 0.25) is 5.91 Å². The van der Waals surface area contributed by atoms with Crippen molar-refractivity contribution in [2.45, 2.75) is 27.2 Å². The third-order valence-electron chi connectivity index (χ3n) is 2.47. The molecule has 3 N–H and O–H groups in total. The first-order chi connectivity index (χ1) is 9.01. The lowest BCUT2D eigenvalue weighted by Crippen LogP contribution is -2.24. The van der Waals surface area contributed by atoms with Gasteiger partial charge in [0, 0.05) is 24.5 Å². The lowest BCUT2D eigenvalue weighted by atomic mass is 10.2. The standard InChI is InChI=1S/C14H19N3O2/c1-4-10(2)9-15-14(19)17-13-7-5-12(6-8-13)16-11(3)18/h5-9H,4H2,1-3H3,(H,16,18)(H2,15,17,19)/b10-9+. The molecule has 102 valence electrons. The molecular weight excluding hydrogens is 242 g/mol. The van der Waals surface area contributed by atoms with Gasteiger partial charge < -0.3 is 16.0 Å². The Morgan fingerprint density at radius 3 is 2.05 bits per heavy atom. The van der Waals surface area contributed by atoms with E-state index in [0.717, 1.165) is 12.0 Å². The van der Waals surface area contributed by atoms with Crippen LogP contribution in [0.4, 0.5) is 16.2 Å². The second-order valence-electron chi connectivity index (χ2n) is 4.20. The molecule has 0 spiro atoms. The smallest absolute Gasteiger partial charge is 0.323 e. The van der Waals surface area contributed by atoms with Gasteiger partial charge in [0.15, 0.2) is 0 Å². The molecule has 0 atom stereocenters. The molecular formula is C14H19N3O2. The van der Waals surface area contributed by atoms with Crippen LogP contribution in [0.2, 0.25) is 0 Å². The van der Waals surface area contributed by atoms with Crippen LogP contribution < -0.4 is 16.0 Å². The van der Waals surface area contributed by atoms with Gasteiger partial charge in [-0.3, -0.25) is 4.79 Å². The number of benzene rings is 1. The van der Waals surface area contributed by atoms with Crippen molar-refractivity contribution in [1.82, 2.24) is 5.32 Å². The van der Waals surface area contributed by atoms with Gasteiger partial charge in [0.05, 0.1) is 0 Å². The largest absolute Gasteiger partial charge is 0.326 e. The molecule has 0 unspecified atom stereocenters. The number of allylic oxidation sites excluding steroid dienone is 1. The SMILES string of the molecule is CC/C(C)=C/NC(=O)Nc1ccc(NC(C)=O)cc1. The number of hydrogen-bond donors (Lipinski definition) is 3. The Kier molecular flexibility index (Phi) is 5.60. The van der Waals surface area contributed by atoms with Crippen molar-refractivity contribution in [2.75, 3.05) is 10.6 Å². The first-order valence-corrected chi connectivity index (χ1v) is 6.12. The van der Waals surface area contributed by atoms with Crippen LogP contribution in [0.25, 0.3) is 0 Å². The van der Waals surface area contributed by atoms with Gasteiger partial charge in [0.25, 0.3) is 0 Å². The summed E-state index contributed by atoms with van der Waals surface area (Å²) in [5.41, 5.74) is 2.45. The fourth-order valence-corrected chi connectivity index (χ4v) is 1.30. The van der Waals surface area contributed by atoms with Crippen LogP contribution in [-0.2, 0) is 4.79 Å². The summed E-state index contributed by atoms with van der Waals surface area (Å²) in [6, 6.07) is 6.61. The van der Waals surface area contributed by atoms with Gasteiger partial charge in [0.1, 0.15) is 0 Å².